The highest BCUT2D eigenvalue weighted by molar-refractivity contribution is 5.78. The predicted molar refractivity (Wildman–Crippen MR) is 84.7 cm³/mol. The lowest BCUT2D eigenvalue weighted by atomic mass is 9.98. The highest BCUT2D eigenvalue weighted by Gasteiger charge is 2.43. The van der Waals surface area contributed by atoms with Crippen LogP contribution in [0.3, 0.4) is 0 Å². The number of nitrogens with zero attached hydrogens (tertiary/aromatic N) is 4. The molecule has 1 saturated carbocycles. The molecule has 7 heteroatoms. The average molecular weight is 315 g/mol. The lowest BCUT2D eigenvalue weighted by molar-refractivity contribution is -0.892. The SMILES string of the molecule is C[C@](C#N)(NC(=O)C[NH+]1CCN(c2ncccn2)CC1)C1CC1. The van der Waals surface area contributed by atoms with Gasteiger partial charge >= 0.3 is 0 Å². The molecule has 2 aliphatic rings. The van der Waals surface area contributed by atoms with Gasteiger partial charge in [-0.1, -0.05) is 0 Å². The van der Waals surface area contributed by atoms with Gasteiger partial charge in [-0.05, 0) is 31.7 Å². The van der Waals surface area contributed by atoms with E-state index < -0.39 is 5.54 Å². The van der Waals surface area contributed by atoms with Gasteiger partial charge in [-0.2, -0.15) is 5.26 Å². The van der Waals surface area contributed by atoms with Crippen molar-refractivity contribution >= 4 is 11.9 Å². The Hall–Kier alpha value is -2.20. The number of quaternary nitrogens is 1. The summed E-state index contributed by atoms with van der Waals surface area (Å²) < 4.78 is 0. The number of nitriles is 1. The highest BCUT2D eigenvalue weighted by Crippen LogP contribution is 2.39. The zero-order valence-corrected chi connectivity index (χ0v) is 13.5. The number of nitrogens with one attached hydrogen (secondary N) is 2. The topological polar surface area (TPSA) is 86.4 Å². The predicted octanol–water partition coefficient (Wildman–Crippen LogP) is -1.01. The number of hydrogen-bond donors (Lipinski definition) is 2. The molecule has 1 aliphatic carbocycles. The van der Waals surface area contributed by atoms with Gasteiger partial charge in [0.25, 0.3) is 5.91 Å². The van der Waals surface area contributed by atoms with Crippen LogP contribution in [0, 0.1) is 17.2 Å². The molecule has 7 nitrogen and oxygen atoms in total. The molecular formula is C16H23N6O+. The molecule has 0 aromatic carbocycles. The average Bonchev–Trinajstić information content (AvgIpc) is 3.41. The van der Waals surface area contributed by atoms with E-state index in [0.29, 0.717) is 12.5 Å². The zero-order chi connectivity index (χ0) is 16.3. The lowest BCUT2D eigenvalue weighted by Crippen LogP contribution is -3.16. The number of amides is 1. The summed E-state index contributed by atoms with van der Waals surface area (Å²) in [5.41, 5.74) is -0.698. The van der Waals surface area contributed by atoms with Gasteiger partial charge in [-0.3, -0.25) is 4.79 Å². The van der Waals surface area contributed by atoms with Gasteiger partial charge in [0.1, 0.15) is 5.54 Å². The summed E-state index contributed by atoms with van der Waals surface area (Å²) in [5.74, 6) is 1.04. The number of piperazine rings is 1. The second kappa shape index (κ2) is 6.50. The van der Waals surface area contributed by atoms with Crippen LogP contribution in [0.1, 0.15) is 19.8 Å². The molecule has 23 heavy (non-hydrogen) atoms. The minimum absolute atomic E-state index is 0.0274. The summed E-state index contributed by atoms with van der Waals surface area (Å²) in [6, 6.07) is 4.08. The Labute approximate surface area is 136 Å². The van der Waals surface area contributed by atoms with E-state index >= 15 is 0 Å². The van der Waals surface area contributed by atoms with Crippen molar-refractivity contribution in [3.05, 3.63) is 18.5 Å². The Morgan fingerprint density at radius 3 is 2.65 bits per heavy atom. The molecule has 1 amide bonds. The first-order chi connectivity index (χ1) is 11.1. The monoisotopic (exact) mass is 315 g/mol. The highest BCUT2D eigenvalue weighted by atomic mass is 16.2. The van der Waals surface area contributed by atoms with Crippen LogP contribution in [0.25, 0.3) is 0 Å². The molecule has 2 N–H and O–H groups in total. The summed E-state index contributed by atoms with van der Waals surface area (Å²) in [6.07, 6.45) is 5.56. The van der Waals surface area contributed by atoms with E-state index in [0.717, 1.165) is 45.0 Å². The molecule has 0 unspecified atom stereocenters. The molecule has 122 valence electrons. The maximum atomic E-state index is 12.2. The van der Waals surface area contributed by atoms with E-state index in [1.165, 1.54) is 4.90 Å². The van der Waals surface area contributed by atoms with E-state index in [-0.39, 0.29) is 5.91 Å². The molecule has 1 aromatic heterocycles. The molecule has 3 rings (SSSR count). The molecular weight excluding hydrogens is 292 g/mol. The molecule has 1 atom stereocenters. The quantitative estimate of drug-likeness (QED) is 0.727. The summed E-state index contributed by atoms with van der Waals surface area (Å²) in [6.45, 7) is 5.68. The molecule has 0 radical (unpaired) electrons. The Morgan fingerprint density at radius 1 is 1.43 bits per heavy atom. The number of carbonyl (C=O) groups is 1. The van der Waals surface area contributed by atoms with Gasteiger partial charge < -0.3 is 15.1 Å². The van der Waals surface area contributed by atoms with Crippen LogP contribution in [0.5, 0.6) is 0 Å². The minimum atomic E-state index is -0.698. The van der Waals surface area contributed by atoms with Crippen LogP contribution in [-0.2, 0) is 4.79 Å². The van der Waals surface area contributed by atoms with Crippen LogP contribution < -0.4 is 15.1 Å². The van der Waals surface area contributed by atoms with Crippen molar-refractivity contribution in [2.24, 2.45) is 5.92 Å². The first-order valence-electron chi connectivity index (χ1n) is 8.18. The Morgan fingerprint density at radius 2 is 2.09 bits per heavy atom. The number of hydrogen-bond acceptors (Lipinski definition) is 5. The number of aromatic nitrogens is 2. The Bertz CT molecular complexity index is 588. The fourth-order valence-electron chi connectivity index (χ4n) is 3.10. The summed E-state index contributed by atoms with van der Waals surface area (Å²) in [5, 5.41) is 12.3. The normalized spacial score (nSPS) is 21.3. The molecule has 1 aromatic rings. The number of carbonyl (C=O) groups excluding carboxylic acids is 1. The standard InChI is InChI=1S/C16H22N6O/c1-16(12-17,13-3-4-13)20-14(23)11-21-7-9-22(10-8-21)15-18-5-2-6-19-15/h2,5-6,13H,3-4,7-11H2,1H3,(H,20,23)/p+1/t16-/m1/s1. The van der Waals surface area contributed by atoms with Gasteiger partial charge in [0, 0.05) is 12.4 Å². The zero-order valence-electron chi connectivity index (χ0n) is 13.5. The third-order valence-corrected chi connectivity index (χ3v) is 4.74. The first kappa shape index (κ1) is 15.7. The number of rotatable bonds is 5. The van der Waals surface area contributed by atoms with Crippen molar-refractivity contribution in [1.82, 2.24) is 15.3 Å². The fourth-order valence-corrected chi connectivity index (χ4v) is 3.10. The van der Waals surface area contributed by atoms with Crippen molar-refractivity contribution in [3.8, 4) is 6.07 Å². The van der Waals surface area contributed by atoms with Crippen LogP contribution in [0.4, 0.5) is 5.95 Å². The first-order valence-corrected chi connectivity index (χ1v) is 8.18. The third kappa shape index (κ3) is 3.77. The summed E-state index contributed by atoms with van der Waals surface area (Å²) in [7, 11) is 0. The van der Waals surface area contributed by atoms with Crippen molar-refractivity contribution in [3.63, 3.8) is 0 Å². The van der Waals surface area contributed by atoms with E-state index in [9.17, 15) is 10.1 Å². The van der Waals surface area contributed by atoms with E-state index in [1.807, 2.05) is 6.92 Å². The Kier molecular flexibility index (Phi) is 4.44. The summed E-state index contributed by atoms with van der Waals surface area (Å²) in [4.78, 5) is 24.2. The van der Waals surface area contributed by atoms with Gasteiger partial charge in [-0.25, -0.2) is 9.97 Å². The third-order valence-electron chi connectivity index (χ3n) is 4.74. The van der Waals surface area contributed by atoms with E-state index in [1.54, 1.807) is 18.5 Å². The number of anilines is 1. The molecule has 2 fully saturated rings. The molecule has 0 bridgehead atoms. The minimum Gasteiger partial charge on any atom is -0.333 e. The fraction of sp³-hybridized carbons (Fsp3) is 0.625. The van der Waals surface area contributed by atoms with Gasteiger partial charge in [-0.15, -0.1) is 0 Å². The van der Waals surface area contributed by atoms with Crippen LogP contribution in [0.2, 0.25) is 0 Å². The van der Waals surface area contributed by atoms with Crippen LogP contribution in [-0.4, -0.2) is 54.1 Å². The van der Waals surface area contributed by atoms with Gasteiger partial charge in [0.15, 0.2) is 6.54 Å². The van der Waals surface area contributed by atoms with Gasteiger partial charge in [0.2, 0.25) is 5.95 Å². The van der Waals surface area contributed by atoms with Crippen molar-refractivity contribution < 1.29 is 9.69 Å². The maximum absolute atomic E-state index is 12.2. The molecule has 1 saturated heterocycles. The molecule has 0 spiro atoms. The van der Waals surface area contributed by atoms with Crippen molar-refractivity contribution in [2.45, 2.75) is 25.3 Å². The van der Waals surface area contributed by atoms with Crippen LogP contribution in [0.15, 0.2) is 18.5 Å². The molecule has 2 heterocycles. The van der Waals surface area contributed by atoms with Gasteiger partial charge in [0.05, 0.1) is 32.2 Å². The molecule has 1 aliphatic heterocycles. The lowest BCUT2D eigenvalue weighted by Gasteiger charge is -2.32. The van der Waals surface area contributed by atoms with E-state index in [2.05, 4.69) is 26.3 Å². The maximum Gasteiger partial charge on any atom is 0.276 e. The van der Waals surface area contributed by atoms with Crippen molar-refractivity contribution in [1.29, 1.82) is 5.26 Å². The van der Waals surface area contributed by atoms with Crippen LogP contribution >= 0.6 is 0 Å². The van der Waals surface area contributed by atoms with E-state index in [4.69, 9.17) is 0 Å². The second-order valence-corrected chi connectivity index (χ2v) is 6.60. The largest absolute Gasteiger partial charge is 0.333 e. The van der Waals surface area contributed by atoms with Crippen molar-refractivity contribution in [2.75, 3.05) is 37.6 Å². The Balaban J connectivity index is 1.47. The summed E-state index contributed by atoms with van der Waals surface area (Å²) >= 11 is 0. The second-order valence-electron chi connectivity index (χ2n) is 6.60. The smallest absolute Gasteiger partial charge is 0.276 e.